The Labute approximate surface area is 73.8 Å². The van der Waals surface area contributed by atoms with Crippen LogP contribution in [0.5, 0.6) is 0 Å². The smallest absolute Gasteiger partial charge is 0.0543 e. The molecule has 1 nitrogen and oxygen atoms in total. The lowest BCUT2D eigenvalue weighted by Crippen LogP contribution is -2.13. The van der Waals surface area contributed by atoms with E-state index in [1.807, 2.05) is 0 Å². The van der Waals surface area contributed by atoms with Gasteiger partial charge in [0.1, 0.15) is 0 Å². The van der Waals surface area contributed by atoms with Gasteiger partial charge in [0.25, 0.3) is 0 Å². The molecule has 56 valence electrons. The van der Waals surface area contributed by atoms with Gasteiger partial charge >= 0.3 is 0 Å². The van der Waals surface area contributed by atoms with E-state index in [1.54, 1.807) is 11.3 Å². The zero-order valence-electron chi connectivity index (χ0n) is 5.88. The first-order valence-corrected chi connectivity index (χ1v) is 5.10. The molecule has 1 heterocycles. The lowest BCUT2D eigenvalue weighted by atomic mass is 10.4. The van der Waals surface area contributed by atoms with Crippen LogP contribution in [0.4, 0.5) is 0 Å². The van der Waals surface area contributed by atoms with E-state index in [0.717, 1.165) is 12.0 Å². The number of nitrogens with zero attached hydrogens (tertiary/aromatic N) is 1. The molecule has 0 spiro atoms. The number of rotatable bonds is 3. The summed E-state index contributed by atoms with van der Waals surface area (Å²) < 4.78 is 0. The van der Waals surface area contributed by atoms with E-state index in [2.05, 4.69) is 45.4 Å². The molecule has 1 rings (SSSR count). The Morgan fingerprint density at radius 2 is 2.50 bits per heavy atom. The van der Waals surface area contributed by atoms with E-state index in [4.69, 9.17) is 0 Å². The predicted molar refractivity (Wildman–Crippen MR) is 49.6 cm³/mol. The molecule has 0 aliphatic carbocycles. The van der Waals surface area contributed by atoms with Crippen molar-refractivity contribution in [3.8, 4) is 0 Å². The molecule has 0 atom stereocenters. The van der Waals surface area contributed by atoms with Crippen molar-refractivity contribution < 1.29 is 0 Å². The summed E-state index contributed by atoms with van der Waals surface area (Å²) in [6.07, 6.45) is 0. The van der Waals surface area contributed by atoms with Gasteiger partial charge in [-0.3, -0.25) is 4.90 Å². The highest BCUT2D eigenvalue weighted by Crippen LogP contribution is 2.10. The Kier molecular flexibility index (Phi) is 3.39. The molecule has 0 aliphatic rings. The van der Waals surface area contributed by atoms with Crippen molar-refractivity contribution >= 4 is 27.3 Å². The zero-order chi connectivity index (χ0) is 7.40. The van der Waals surface area contributed by atoms with Crippen LogP contribution in [0.25, 0.3) is 0 Å². The highest BCUT2D eigenvalue weighted by molar-refractivity contribution is 9.09. The fourth-order valence-corrected chi connectivity index (χ4v) is 1.67. The van der Waals surface area contributed by atoms with Crippen LogP contribution in [0.2, 0.25) is 0 Å². The predicted octanol–water partition coefficient (Wildman–Crippen LogP) is 2.53. The molecule has 0 saturated heterocycles. The van der Waals surface area contributed by atoms with Gasteiger partial charge in [-0.25, -0.2) is 0 Å². The average Bonchev–Trinajstić information content (AvgIpc) is 2.40. The molecule has 10 heavy (non-hydrogen) atoms. The first-order valence-electron chi connectivity index (χ1n) is 3.10. The van der Waals surface area contributed by atoms with Crippen LogP contribution in [0, 0.1) is 0 Å². The first-order chi connectivity index (χ1) is 4.83. The molecule has 0 radical (unpaired) electrons. The summed E-state index contributed by atoms with van der Waals surface area (Å²) in [5, 5.41) is 2.11. The lowest BCUT2D eigenvalue weighted by Gasteiger charge is -2.09. The lowest BCUT2D eigenvalue weighted by molar-refractivity contribution is 0.394. The monoisotopic (exact) mass is 219 g/mol. The first kappa shape index (κ1) is 8.24. The van der Waals surface area contributed by atoms with Gasteiger partial charge in [0.15, 0.2) is 0 Å². The van der Waals surface area contributed by atoms with Crippen molar-refractivity contribution in [1.82, 2.24) is 4.90 Å². The molecule has 0 fully saturated rings. The van der Waals surface area contributed by atoms with Gasteiger partial charge in [-0.15, -0.1) is 11.3 Å². The second-order valence-corrected chi connectivity index (χ2v) is 3.75. The molecule has 1 aromatic rings. The molecule has 0 unspecified atom stereocenters. The summed E-state index contributed by atoms with van der Waals surface area (Å²) in [5.41, 5.74) is 0.935. The number of hydrogen-bond donors (Lipinski definition) is 0. The molecular weight excluding hydrogens is 210 g/mol. The van der Waals surface area contributed by atoms with Crippen LogP contribution in [0.3, 0.4) is 0 Å². The summed E-state index contributed by atoms with van der Waals surface area (Å²) in [7, 11) is 2.09. The van der Waals surface area contributed by atoms with E-state index in [9.17, 15) is 0 Å². The Balaban J connectivity index is 2.40. The minimum absolute atomic E-state index is 0.935. The Bertz CT molecular complexity index is 174. The van der Waals surface area contributed by atoms with Gasteiger partial charge < -0.3 is 0 Å². The summed E-state index contributed by atoms with van der Waals surface area (Å²) >= 11 is 5.20. The molecule has 3 heteroatoms. The van der Waals surface area contributed by atoms with Crippen molar-refractivity contribution in [2.75, 3.05) is 12.5 Å². The molecule has 0 amide bonds. The second kappa shape index (κ2) is 4.11. The molecule has 0 aliphatic heterocycles. The Morgan fingerprint density at radius 3 is 3.00 bits per heavy atom. The van der Waals surface area contributed by atoms with Crippen LogP contribution in [0.1, 0.15) is 4.88 Å². The highest BCUT2D eigenvalue weighted by Gasteiger charge is 1.96. The number of hydrogen-bond acceptors (Lipinski definition) is 2. The summed E-state index contributed by atoms with van der Waals surface area (Å²) in [6.45, 7) is 1.04. The van der Waals surface area contributed by atoms with Gasteiger partial charge in [0.05, 0.1) is 5.45 Å². The third kappa shape index (κ3) is 2.40. The maximum Gasteiger partial charge on any atom is 0.0543 e. The second-order valence-electron chi connectivity index (χ2n) is 2.21. The molecule has 0 aromatic carbocycles. The SMILES string of the molecule is CN(CBr)Cc1cccs1. The number of thiophene rings is 1. The van der Waals surface area contributed by atoms with Crippen molar-refractivity contribution in [3.05, 3.63) is 22.4 Å². The van der Waals surface area contributed by atoms with E-state index in [1.165, 1.54) is 4.88 Å². The van der Waals surface area contributed by atoms with Gasteiger partial charge in [-0.1, -0.05) is 22.0 Å². The summed E-state index contributed by atoms with van der Waals surface area (Å²) in [4.78, 5) is 3.63. The Morgan fingerprint density at radius 1 is 1.70 bits per heavy atom. The van der Waals surface area contributed by atoms with Gasteiger partial charge in [0.2, 0.25) is 0 Å². The molecule has 0 bridgehead atoms. The maximum absolute atomic E-state index is 3.39. The third-order valence-corrected chi connectivity index (χ3v) is 2.93. The fourth-order valence-electron chi connectivity index (χ4n) is 0.711. The van der Waals surface area contributed by atoms with Gasteiger partial charge in [-0.05, 0) is 18.5 Å². The van der Waals surface area contributed by atoms with Gasteiger partial charge in [-0.2, -0.15) is 0 Å². The van der Waals surface area contributed by atoms with Crippen LogP contribution in [0.15, 0.2) is 17.5 Å². The zero-order valence-corrected chi connectivity index (χ0v) is 8.28. The van der Waals surface area contributed by atoms with Crippen LogP contribution >= 0.6 is 27.3 Å². The fraction of sp³-hybridized carbons (Fsp3) is 0.429. The van der Waals surface area contributed by atoms with Crippen molar-refractivity contribution in [2.45, 2.75) is 6.54 Å². The highest BCUT2D eigenvalue weighted by atomic mass is 79.9. The van der Waals surface area contributed by atoms with Crippen molar-refractivity contribution in [2.24, 2.45) is 0 Å². The van der Waals surface area contributed by atoms with Crippen molar-refractivity contribution in [1.29, 1.82) is 0 Å². The van der Waals surface area contributed by atoms with Crippen LogP contribution < -0.4 is 0 Å². The minimum atomic E-state index is 0.935. The largest absolute Gasteiger partial charge is 0.291 e. The minimum Gasteiger partial charge on any atom is -0.291 e. The molecular formula is C7H10BrNS. The van der Waals surface area contributed by atoms with E-state index >= 15 is 0 Å². The summed E-state index contributed by atoms with van der Waals surface area (Å²) in [6, 6.07) is 4.24. The van der Waals surface area contributed by atoms with Gasteiger partial charge in [0, 0.05) is 11.4 Å². The van der Waals surface area contributed by atoms with Crippen molar-refractivity contribution in [3.63, 3.8) is 0 Å². The van der Waals surface area contributed by atoms with E-state index in [-0.39, 0.29) is 0 Å². The molecule has 0 N–H and O–H groups in total. The van der Waals surface area contributed by atoms with Crippen LogP contribution in [-0.2, 0) is 6.54 Å². The number of alkyl halides is 1. The number of halogens is 1. The average molecular weight is 220 g/mol. The third-order valence-electron chi connectivity index (χ3n) is 1.21. The topological polar surface area (TPSA) is 3.24 Å². The Hall–Kier alpha value is 0.140. The quantitative estimate of drug-likeness (QED) is 0.558. The maximum atomic E-state index is 3.39. The normalized spacial score (nSPS) is 10.7. The standard InChI is InChI=1S/C7H10BrNS/c1-9(6-8)5-7-3-2-4-10-7/h2-4H,5-6H2,1H3. The summed E-state index contributed by atoms with van der Waals surface area (Å²) in [5.74, 6) is 0. The van der Waals surface area contributed by atoms with E-state index in [0.29, 0.717) is 0 Å². The molecule has 1 aromatic heterocycles. The molecule has 0 saturated carbocycles. The van der Waals surface area contributed by atoms with E-state index < -0.39 is 0 Å². The van der Waals surface area contributed by atoms with Crippen LogP contribution in [-0.4, -0.2) is 17.4 Å².